The maximum atomic E-state index is 12.7. The fraction of sp³-hybridized carbons (Fsp3) is 0.222. The summed E-state index contributed by atoms with van der Waals surface area (Å²) >= 11 is 0. The lowest BCUT2D eigenvalue weighted by Crippen LogP contribution is -2.22. The average Bonchev–Trinajstić information content (AvgIpc) is 2.61. The van der Waals surface area contributed by atoms with Crippen molar-refractivity contribution >= 4 is 22.6 Å². The first-order valence-electron chi connectivity index (χ1n) is 7.92. The molecule has 0 aliphatic carbocycles. The monoisotopic (exact) mass is 338 g/mol. The number of nitrogens with one attached hydrogen (secondary N) is 1. The molecule has 0 saturated heterocycles. The van der Waals surface area contributed by atoms with Crippen LogP contribution in [0.25, 0.3) is 16.7 Å². The Hall–Kier alpha value is -3.06. The van der Waals surface area contributed by atoms with E-state index in [0.717, 1.165) is 0 Å². The van der Waals surface area contributed by atoms with Gasteiger partial charge in [0.05, 0.1) is 11.1 Å². The molecule has 0 fully saturated rings. The SMILES string of the molecule is CCOCC(=O)Nc1ccc(-n2c(C)nc3ncccc3c2=O)cc1. The van der Waals surface area contributed by atoms with Crippen LogP contribution in [0.5, 0.6) is 0 Å². The third-order valence-corrected chi connectivity index (χ3v) is 3.66. The summed E-state index contributed by atoms with van der Waals surface area (Å²) < 4.78 is 6.58. The van der Waals surface area contributed by atoms with E-state index in [4.69, 9.17) is 4.74 Å². The maximum Gasteiger partial charge on any atom is 0.267 e. The lowest BCUT2D eigenvalue weighted by molar-refractivity contribution is -0.120. The number of anilines is 1. The smallest absolute Gasteiger partial charge is 0.267 e. The van der Waals surface area contributed by atoms with E-state index in [1.165, 1.54) is 4.57 Å². The fourth-order valence-electron chi connectivity index (χ4n) is 2.51. The van der Waals surface area contributed by atoms with Crippen LogP contribution in [0.3, 0.4) is 0 Å². The molecule has 0 atom stereocenters. The number of carbonyl (C=O) groups excluding carboxylic acids is 1. The molecular weight excluding hydrogens is 320 g/mol. The number of carbonyl (C=O) groups is 1. The van der Waals surface area contributed by atoms with Gasteiger partial charge < -0.3 is 10.1 Å². The Labute approximate surface area is 144 Å². The number of rotatable bonds is 5. The molecule has 0 bridgehead atoms. The number of fused-ring (bicyclic) bond motifs is 1. The van der Waals surface area contributed by atoms with E-state index in [0.29, 0.717) is 34.8 Å². The summed E-state index contributed by atoms with van der Waals surface area (Å²) in [6, 6.07) is 10.4. The van der Waals surface area contributed by atoms with Crippen molar-refractivity contribution in [3.05, 3.63) is 58.8 Å². The molecular formula is C18H18N4O3. The number of aryl methyl sites for hydroxylation is 1. The van der Waals surface area contributed by atoms with Gasteiger partial charge in [0.1, 0.15) is 12.4 Å². The van der Waals surface area contributed by atoms with Gasteiger partial charge in [-0.2, -0.15) is 0 Å². The molecule has 128 valence electrons. The van der Waals surface area contributed by atoms with E-state index < -0.39 is 0 Å². The second-order valence-electron chi connectivity index (χ2n) is 5.41. The van der Waals surface area contributed by atoms with Gasteiger partial charge in [0, 0.05) is 18.5 Å². The van der Waals surface area contributed by atoms with Gasteiger partial charge >= 0.3 is 0 Å². The third kappa shape index (κ3) is 3.56. The van der Waals surface area contributed by atoms with Crippen LogP contribution in [-0.2, 0) is 9.53 Å². The molecule has 3 aromatic rings. The predicted octanol–water partition coefficient (Wildman–Crippen LogP) is 2.06. The average molecular weight is 338 g/mol. The summed E-state index contributed by atoms with van der Waals surface area (Å²) in [4.78, 5) is 32.9. The zero-order valence-corrected chi connectivity index (χ0v) is 14.0. The summed E-state index contributed by atoms with van der Waals surface area (Å²) in [7, 11) is 0. The van der Waals surface area contributed by atoms with Crippen LogP contribution in [0, 0.1) is 6.92 Å². The van der Waals surface area contributed by atoms with Gasteiger partial charge in [-0.3, -0.25) is 14.2 Å². The molecule has 0 radical (unpaired) electrons. The third-order valence-electron chi connectivity index (χ3n) is 3.66. The minimum absolute atomic E-state index is 0.0123. The summed E-state index contributed by atoms with van der Waals surface area (Å²) in [5, 5.41) is 3.20. The van der Waals surface area contributed by atoms with Crippen LogP contribution in [0.4, 0.5) is 5.69 Å². The molecule has 1 amide bonds. The minimum atomic E-state index is -0.221. The van der Waals surface area contributed by atoms with E-state index >= 15 is 0 Å². The number of nitrogens with zero attached hydrogens (tertiary/aromatic N) is 3. The fourth-order valence-corrected chi connectivity index (χ4v) is 2.51. The summed E-state index contributed by atoms with van der Waals surface area (Å²) in [5.74, 6) is 0.325. The van der Waals surface area contributed by atoms with E-state index in [1.807, 2.05) is 6.92 Å². The molecule has 1 aromatic carbocycles. The van der Waals surface area contributed by atoms with E-state index in [9.17, 15) is 9.59 Å². The molecule has 0 spiro atoms. The Balaban J connectivity index is 1.91. The van der Waals surface area contributed by atoms with Gasteiger partial charge in [0.25, 0.3) is 5.56 Å². The van der Waals surface area contributed by atoms with Crippen molar-refractivity contribution in [3.8, 4) is 5.69 Å². The van der Waals surface area contributed by atoms with Crippen LogP contribution in [0.15, 0.2) is 47.4 Å². The molecule has 3 rings (SSSR count). The number of pyridine rings is 1. The van der Waals surface area contributed by atoms with Crippen LogP contribution < -0.4 is 10.9 Å². The van der Waals surface area contributed by atoms with Gasteiger partial charge in [0.2, 0.25) is 5.91 Å². The van der Waals surface area contributed by atoms with E-state index in [-0.39, 0.29) is 18.1 Å². The first-order valence-corrected chi connectivity index (χ1v) is 7.92. The molecule has 0 saturated carbocycles. The van der Waals surface area contributed by atoms with Gasteiger partial charge in [-0.05, 0) is 50.2 Å². The Morgan fingerprint density at radius 3 is 2.72 bits per heavy atom. The van der Waals surface area contributed by atoms with Crippen molar-refractivity contribution in [3.63, 3.8) is 0 Å². The van der Waals surface area contributed by atoms with Crippen molar-refractivity contribution in [1.82, 2.24) is 14.5 Å². The second-order valence-corrected chi connectivity index (χ2v) is 5.41. The predicted molar refractivity (Wildman–Crippen MR) is 95.0 cm³/mol. The van der Waals surface area contributed by atoms with Gasteiger partial charge in [0.15, 0.2) is 5.65 Å². The van der Waals surface area contributed by atoms with Crippen LogP contribution in [-0.4, -0.2) is 33.7 Å². The van der Waals surface area contributed by atoms with Gasteiger partial charge in [-0.25, -0.2) is 9.97 Å². The van der Waals surface area contributed by atoms with E-state index in [2.05, 4.69) is 15.3 Å². The maximum absolute atomic E-state index is 12.7. The molecule has 7 nitrogen and oxygen atoms in total. The summed E-state index contributed by atoms with van der Waals surface area (Å²) in [6.07, 6.45) is 1.61. The topological polar surface area (TPSA) is 86.1 Å². The highest BCUT2D eigenvalue weighted by atomic mass is 16.5. The lowest BCUT2D eigenvalue weighted by Gasteiger charge is -2.11. The molecule has 0 aliphatic rings. The Kier molecular flexibility index (Phi) is 4.85. The quantitative estimate of drug-likeness (QED) is 0.769. The number of ether oxygens (including phenoxy) is 1. The highest BCUT2D eigenvalue weighted by Crippen LogP contribution is 2.14. The largest absolute Gasteiger partial charge is 0.372 e. The molecule has 2 heterocycles. The molecule has 1 N–H and O–H groups in total. The highest BCUT2D eigenvalue weighted by molar-refractivity contribution is 5.91. The number of aromatic nitrogens is 3. The normalized spacial score (nSPS) is 10.8. The van der Waals surface area contributed by atoms with Crippen molar-refractivity contribution in [2.45, 2.75) is 13.8 Å². The Bertz CT molecular complexity index is 964. The zero-order valence-electron chi connectivity index (χ0n) is 14.0. The second kappa shape index (κ2) is 7.23. The number of hydrogen-bond acceptors (Lipinski definition) is 5. The molecule has 0 unspecified atom stereocenters. The first kappa shape index (κ1) is 16.8. The number of hydrogen-bond donors (Lipinski definition) is 1. The van der Waals surface area contributed by atoms with Gasteiger partial charge in [-0.15, -0.1) is 0 Å². The van der Waals surface area contributed by atoms with Crippen molar-refractivity contribution in [2.24, 2.45) is 0 Å². The molecule has 7 heteroatoms. The van der Waals surface area contributed by atoms with Gasteiger partial charge in [-0.1, -0.05) is 0 Å². The highest BCUT2D eigenvalue weighted by Gasteiger charge is 2.10. The molecule has 2 aromatic heterocycles. The van der Waals surface area contributed by atoms with E-state index in [1.54, 1.807) is 49.5 Å². The van der Waals surface area contributed by atoms with Crippen LogP contribution in [0.2, 0.25) is 0 Å². The molecule has 25 heavy (non-hydrogen) atoms. The number of benzene rings is 1. The number of amides is 1. The van der Waals surface area contributed by atoms with Crippen molar-refractivity contribution in [1.29, 1.82) is 0 Å². The Morgan fingerprint density at radius 2 is 2.00 bits per heavy atom. The summed E-state index contributed by atoms with van der Waals surface area (Å²) in [6.45, 7) is 4.08. The molecule has 0 aliphatic heterocycles. The zero-order chi connectivity index (χ0) is 17.8. The first-order chi connectivity index (χ1) is 12.1. The standard InChI is InChI=1S/C18H18N4O3/c1-3-25-11-16(23)21-13-6-8-14(9-7-13)22-12(2)20-17-15(18(22)24)5-4-10-19-17/h4-10H,3,11H2,1-2H3,(H,21,23). The minimum Gasteiger partial charge on any atom is -0.372 e. The van der Waals surface area contributed by atoms with Crippen molar-refractivity contribution in [2.75, 3.05) is 18.5 Å². The Morgan fingerprint density at radius 1 is 1.24 bits per heavy atom. The summed E-state index contributed by atoms with van der Waals surface area (Å²) in [5.41, 5.74) is 1.56. The lowest BCUT2D eigenvalue weighted by atomic mass is 10.2. The van der Waals surface area contributed by atoms with Crippen LogP contribution in [0.1, 0.15) is 12.7 Å². The van der Waals surface area contributed by atoms with Crippen molar-refractivity contribution < 1.29 is 9.53 Å². The van der Waals surface area contributed by atoms with Crippen LogP contribution >= 0.6 is 0 Å².